The second-order valence-electron chi connectivity index (χ2n) is 4.42. The molecule has 0 N–H and O–H groups in total. The molecule has 0 spiro atoms. The maximum atomic E-state index is 12.2. The fourth-order valence-electron chi connectivity index (χ4n) is 2.09. The second kappa shape index (κ2) is 6.10. The molecular formula is C14H18ClNO2. The lowest BCUT2D eigenvalue weighted by molar-refractivity contribution is 0.0726. The fraction of sp³-hybridized carbons (Fsp3) is 0.500. The summed E-state index contributed by atoms with van der Waals surface area (Å²) in [5.41, 5.74) is 0.714. The fourth-order valence-corrected chi connectivity index (χ4v) is 2.29. The number of carbonyl (C=O) groups is 1. The molecule has 0 atom stereocenters. The molecule has 0 aliphatic carbocycles. The van der Waals surface area contributed by atoms with Crippen molar-refractivity contribution in [3.8, 4) is 5.75 Å². The summed E-state index contributed by atoms with van der Waals surface area (Å²) in [7, 11) is 0. The first-order chi connectivity index (χ1) is 8.70. The molecule has 1 aliphatic heterocycles. The van der Waals surface area contributed by atoms with Crippen molar-refractivity contribution in [2.75, 3.05) is 19.7 Å². The second-order valence-corrected chi connectivity index (χ2v) is 5.04. The first-order valence-corrected chi connectivity index (χ1v) is 6.80. The van der Waals surface area contributed by atoms with Crippen LogP contribution in [0.4, 0.5) is 0 Å². The van der Waals surface area contributed by atoms with Crippen LogP contribution >= 0.6 is 11.6 Å². The van der Waals surface area contributed by atoms with E-state index in [1.165, 1.54) is 0 Å². The average Bonchev–Trinajstić information content (AvgIpc) is 2.40. The van der Waals surface area contributed by atoms with Crippen molar-refractivity contribution in [1.82, 2.24) is 4.90 Å². The van der Waals surface area contributed by atoms with Crippen molar-refractivity contribution in [3.63, 3.8) is 0 Å². The van der Waals surface area contributed by atoms with E-state index in [2.05, 4.69) is 0 Å². The van der Waals surface area contributed by atoms with E-state index in [0.717, 1.165) is 31.7 Å². The van der Waals surface area contributed by atoms with E-state index in [4.69, 9.17) is 16.3 Å². The molecule has 4 heteroatoms. The van der Waals surface area contributed by atoms with Gasteiger partial charge in [0.25, 0.3) is 5.91 Å². The number of halogens is 1. The van der Waals surface area contributed by atoms with Crippen molar-refractivity contribution < 1.29 is 9.53 Å². The normalized spacial score (nSPS) is 16.7. The van der Waals surface area contributed by atoms with Crippen molar-refractivity contribution in [3.05, 3.63) is 29.8 Å². The third-order valence-electron chi connectivity index (χ3n) is 3.12. The van der Waals surface area contributed by atoms with Gasteiger partial charge in [0.1, 0.15) is 5.75 Å². The Balaban J connectivity index is 2.00. The molecule has 0 aromatic heterocycles. The Morgan fingerprint density at radius 2 is 1.94 bits per heavy atom. The highest BCUT2D eigenvalue weighted by molar-refractivity contribution is 6.20. The lowest BCUT2D eigenvalue weighted by atomic mass is 10.1. The molecule has 0 saturated carbocycles. The highest BCUT2D eigenvalue weighted by atomic mass is 35.5. The predicted octanol–water partition coefficient (Wildman–Crippen LogP) is 2.93. The number of nitrogens with zero attached hydrogens (tertiary/aromatic N) is 1. The maximum absolute atomic E-state index is 12.2. The van der Waals surface area contributed by atoms with Crippen LogP contribution in [0, 0.1) is 0 Å². The van der Waals surface area contributed by atoms with E-state index in [1.807, 2.05) is 36.1 Å². The quantitative estimate of drug-likeness (QED) is 0.788. The van der Waals surface area contributed by atoms with Crippen LogP contribution in [0.3, 0.4) is 0 Å². The van der Waals surface area contributed by atoms with Crippen molar-refractivity contribution in [1.29, 1.82) is 0 Å². The van der Waals surface area contributed by atoms with Gasteiger partial charge in [-0.15, -0.1) is 11.6 Å². The van der Waals surface area contributed by atoms with Crippen LogP contribution in [0.1, 0.15) is 30.1 Å². The molecule has 0 unspecified atom stereocenters. The largest absolute Gasteiger partial charge is 0.494 e. The lowest BCUT2D eigenvalue weighted by Crippen LogP contribution is -2.38. The minimum atomic E-state index is 0.0848. The van der Waals surface area contributed by atoms with Crippen LogP contribution < -0.4 is 4.74 Å². The van der Waals surface area contributed by atoms with E-state index in [-0.39, 0.29) is 11.3 Å². The van der Waals surface area contributed by atoms with E-state index in [1.54, 1.807) is 0 Å². The Hall–Kier alpha value is -1.22. The van der Waals surface area contributed by atoms with Crippen LogP contribution in [0.25, 0.3) is 0 Å². The minimum absolute atomic E-state index is 0.0848. The Bertz CT molecular complexity index is 397. The van der Waals surface area contributed by atoms with Crippen LogP contribution in [0.5, 0.6) is 5.75 Å². The van der Waals surface area contributed by atoms with E-state index in [0.29, 0.717) is 12.2 Å². The number of hydrogen-bond donors (Lipinski definition) is 0. The monoisotopic (exact) mass is 267 g/mol. The van der Waals surface area contributed by atoms with Crippen molar-refractivity contribution in [2.45, 2.75) is 25.1 Å². The number of alkyl halides is 1. The van der Waals surface area contributed by atoms with Crippen LogP contribution in [-0.4, -0.2) is 35.9 Å². The molecule has 1 heterocycles. The van der Waals surface area contributed by atoms with Gasteiger partial charge in [-0.25, -0.2) is 0 Å². The van der Waals surface area contributed by atoms with Gasteiger partial charge >= 0.3 is 0 Å². The summed E-state index contributed by atoms with van der Waals surface area (Å²) in [4.78, 5) is 14.1. The topological polar surface area (TPSA) is 29.5 Å². The highest BCUT2D eigenvalue weighted by Gasteiger charge is 2.22. The number of amides is 1. The highest BCUT2D eigenvalue weighted by Crippen LogP contribution is 2.19. The maximum Gasteiger partial charge on any atom is 0.253 e. The zero-order valence-electron chi connectivity index (χ0n) is 10.6. The lowest BCUT2D eigenvalue weighted by Gasteiger charge is -2.29. The van der Waals surface area contributed by atoms with Crippen LogP contribution in [-0.2, 0) is 0 Å². The SMILES string of the molecule is CCOc1ccc(C(=O)N2CCC(Cl)CC2)cc1. The van der Waals surface area contributed by atoms with E-state index < -0.39 is 0 Å². The number of hydrogen-bond acceptors (Lipinski definition) is 2. The van der Waals surface area contributed by atoms with Crippen molar-refractivity contribution in [2.24, 2.45) is 0 Å². The number of carbonyl (C=O) groups excluding carboxylic acids is 1. The third kappa shape index (κ3) is 3.16. The van der Waals surface area contributed by atoms with Gasteiger partial charge < -0.3 is 9.64 Å². The molecule has 1 fully saturated rings. The van der Waals surface area contributed by atoms with Gasteiger partial charge in [0.15, 0.2) is 0 Å². The van der Waals surface area contributed by atoms with Crippen LogP contribution in [0.2, 0.25) is 0 Å². The van der Waals surface area contributed by atoms with E-state index in [9.17, 15) is 4.79 Å². The number of ether oxygens (including phenoxy) is 1. The summed E-state index contributed by atoms with van der Waals surface area (Å²) in [6, 6.07) is 7.32. The molecule has 1 saturated heterocycles. The molecule has 1 aromatic rings. The summed E-state index contributed by atoms with van der Waals surface area (Å²) in [6.07, 6.45) is 1.76. The molecule has 3 nitrogen and oxygen atoms in total. The summed E-state index contributed by atoms with van der Waals surface area (Å²) in [5, 5.41) is 0.217. The van der Waals surface area contributed by atoms with Crippen LogP contribution in [0.15, 0.2) is 24.3 Å². The Kier molecular flexibility index (Phi) is 4.48. The van der Waals surface area contributed by atoms with E-state index >= 15 is 0 Å². The third-order valence-corrected chi connectivity index (χ3v) is 3.56. The van der Waals surface area contributed by atoms with Gasteiger partial charge in [-0.3, -0.25) is 4.79 Å². The standard InChI is InChI=1S/C14H18ClNO2/c1-2-18-13-5-3-11(4-6-13)14(17)16-9-7-12(15)8-10-16/h3-6,12H,2,7-10H2,1H3. The molecule has 1 amide bonds. The number of benzene rings is 1. The summed E-state index contributed by atoms with van der Waals surface area (Å²) in [6.45, 7) is 4.08. The van der Waals surface area contributed by atoms with Gasteiger partial charge in [-0.2, -0.15) is 0 Å². The summed E-state index contributed by atoms with van der Waals surface area (Å²) >= 11 is 6.03. The molecule has 2 rings (SSSR count). The van der Waals surface area contributed by atoms with Crippen molar-refractivity contribution >= 4 is 17.5 Å². The van der Waals surface area contributed by atoms with Gasteiger partial charge in [0.05, 0.1) is 6.61 Å². The zero-order valence-corrected chi connectivity index (χ0v) is 11.3. The first-order valence-electron chi connectivity index (χ1n) is 6.37. The van der Waals surface area contributed by atoms with Gasteiger partial charge in [0, 0.05) is 24.0 Å². The molecule has 0 radical (unpaired) electrons. The Morgan fingerprint density at radius 1 is 1.33 bits per heavy atom. The Labute approximate surface area is 113 Å². The molecule has 18 heavy (non-hydrogen) atoms. The minimum Gasteiger partial charge on any atom is -0.494 e. The van der Waals surface area contributed by atoms with Gasteiger partial charge in [-0.05, 0) is 44.0 Å². The number of piperidine rings is 1. The first kappa shape index (κ1) is 13.2. The molecular weight excluding hydrogens is 250 g/mol. The number of rotatable bonds is 3. The molecule has 1 aromatic carbocycles. The predicted molar refractivity (Wildman–Crippen MR) is 72.4 cm³/mol. The molecule has 0 bridgehead atoms. The smallest absolute Gasteiger partial charge is 0.253 e. The summed E-state index contributed by atoms with van der Waals surface area (Å²) in [5.74, 6) is 0.884. The summed E-state index contributed by atoms with van der Waals surface area (Å²) < 4.78 is 5.36. The molecule has 1 aliphatic rings. The zero-order chi connectivity index (χ0) is 13.0. The molecule has 98 valence electrons. The van der Waals surface area contributed by atoms with Gasteiger partial charge in [0.2, 0.25) is 0 Å². The average molecular weight is 268 g/mol. The Morgan fingerprint density at radius 3 is 2.50 bits per heavy atom. The van der Waals surface area contributed by atoms with Gasteiger partial charge in [-0.1, -0.05) is 0 Å². The number of likely N-dealkylation sites (tertiary alicyclic amines) is 1.